The summed E-state index contributed by atoms with van der Waals surface area (Å²) < 4.78 is 1.71. The summed E-state index contributed by atoms with van der Waals surface area (Å²) >= 11 is 8.17. The van der Waals surface area contributed by atoms with Crippen molar-refractivity contribution < 1.29 is 9.59 Å². The van der Waals surface area contributed by atoms with Crippen LogP contribution in [0.15, 0.2) is 68.9 Å². The van der Waals surface area contributed by atoms with Crippen LogP contribution in [0.3, 0.4) is 0 Å². The highest BCUT2D eigenvalue weighted by atomic mass is 79.9. The monoisotopic (exact) mass is 478 g/mol. The van der Waals surface area contributed by atoms with Gasteiger partial charge < -0.3 is 10.6 Å². The summed E-state index contributed by atoms with van der Waals surface area (Å²) in [5.74, 6) is -0.384. The van der Waals surface area contributed by atoms with Crippen molar-refractivity contribution in [3.8, 4) is 0 Å². The van der Waals surface area contributed by atoms with Crippen molar-refractivity contribution in [3.05, 3.63) is 79.4 Å². The molecule has 0 fully saturated rings. The van der Waals surface area contributed by atoms with Gasteiger partial charge in [0.15, 0.2) is 0 Å². The zero-order chi connectivity index (χ0) is 17.8. The van der Waals surface area contributed by atoms with Crippen LogP contribution in [0.4, 0.5) is 11.4 Å². The zero-order valence-corrected chi connectivity index (χ0v) is 16.7. The predicted molar refractivity (Wildman–Crippen MR) is 109 cm³/mol. The first-order chi connectivity index (χ1) is 12.0. The van der Waals surface area contributed by atoms with E-state index in [0.717, 1.165) is 8.95 Å². The molecular weight excluding hydrogens is 468 g/mol. The molecule has 0 aliphatic heterocycles. The van der Waals surface area contributed by atoms with E-state index in [0.29, 0.717) is 21.8 Å². The molecule has 1 aromatic heterocycles. The maximum atomic E-state index is 12.3. The number of benzene rings is 2. The molecule has 0 bridgehead atoms. The van der Waals surface area contributed by atoms with Crippen LogP contribution in [0, 0.1) is 0 Å². The Labute approximate surface area is 165 Å². The average molecular weight is 480 g/mol. The first-order valence-corrected chi connectivity index (χ1v) is 9.71. The molecule has 2 aromatic carbocycles. The molecule has 0 unspecified atom stereocenters. The molecule has 2 amide bonds. The van der Waals surface area contributed by atoms with Crippen LogP contribution in [0.2, 0.25) is 0 Å². The lowest BCUT2D eigenvalue weighted by atomic mass is 10.2. The van der Waals surface area contributed by atoms with E-state index >= 15 is 0 Å². The summed E-state index contributed by atoms with van der Waals surface area (Å²) in [5, 5.41) is 7.50. The van der Waals surface area contributed by atoms with Crippen LogP contribution < -0.4 is 10.6 Å². The van der Waals surface area contributed by atoms with Gasteiger partial charge in [0.25, 0.3) is 11.8 Å². The fourth-order valence-corrected chi connectivity index (χ4v) is 3.86. The van der Waals surface area contributed by atoms with Crippen molar-refractivity contribution >= 4 is 66.4 Å². The molecule has 1 heterocycles. The Morgan fingerprint density at radius 2 is 1.64 bits per heavy atom. The molecule has 0 aliphatic rings. The molecular formula is C18H12Br2N2O2S. The van der Waals surface area contributed by atoms with Gasteiger partial charge in [0.1, 0.15) is 0 Å². The number of rotatable bonds is 4. The summed E-state index contributed by atoms with van der Waals surface area (Å²) in [5.41, 5.74) is 1.83. The van der Waals surface area contributed by atoms with Crippen LogP contribution in [0.25, 0.3) is 0 Å². The lowest BCUT2D eigenvalue weighted by Crippen LogP contribution is -2.13. The lowest BCUT2D eigenvalue weighted by Gasteiger charge is -2.09. The second-order valence-corrected chi connectivity index (χ2v) is 7.80. The number of anilines is 2. The highest BCUT2D eigenvalue weighted by Crippen LogP contribution is 2.26. The molecule has 25 heavy (non-hydrogen) atoms. The van der Waals surface area contributed by atoms with Crippen LogP contribution in [0.5, 0.6) is 0 Å². The molecule has 0 saturated carbocycles. The smallest absolute Gasteiger partial charge is 0.265 e. The molecule has 3 rings (SSSR count). The number of amides is 2. The second kappa shape index (κ2) is 7.95. The van der Waals surface area contributed by atoms with E-state index in [1.165, 1.54) is 11.3 Å². The van der Waals surface area contributed by atoms with Gasteiger partial charge in [0, 0.05) is 20.2 Å². The Morgan fingerprint density at radius 3 is 2.28 bits per heavy atom. The van der Waals surface area contributed by atoms with Crippen LogP contribution in [0.1, 0.15) is 20.0 Å². The predicted octanol–water partition coefficient (Wildman–Crippen LogP) is 5.78. The quantitative estimate of drug-likeness (QED) is 0.498. The van der Waals surface area contributed by atoms with Gasteiger partial charge in [-0.1, -0.05) is 22.0 Å². The number of thiophene rings is 1. The van der Waals surface area contributed by atoms with Gasteiger partial charge in [-0.3, -0.25) is 9.59 Å². The number of carbonyl (C=O) groups is 2. The van der Waals surface area contributed by atoms with Crippen molar-refractivity contribution in [1.82, 2.24) is 0 Å². The van der Waals surface area contributed by atoms with E-state index in [-0.39, 0.29) is 11.8 Å². The normalized spacial score (nSPS) is 10.3. The summed E-state index contributed by atoms with van der Waals surface area (Å²) in [4.78, 5) is 25.0. The van der Waals surface area contributed by atoms with Crippen molar-refractivity contribution in [3.63, 3.8) is 0 Å². The number of hydrogen-bond donors (Lipinski definition) is 2. The zero-order valence-electron chi connectivity index (χ0n) is 12.8. The number of halogens is 2. The molecule has 0 radical (unpaired) electrons. The SMILES string of the molecule is O=C(Nc1ccc(Br)cc1Br)c1ccc(NC(=O)c2cccs2)cc1. The summed E-state index contributed by atoms with van der Waals surface area (Å²) in [6.07, 6.45) is 0. The molecule has 4 nitrogen and oxygen atoms in total. The Morgan fingerprint density at radius 1 is 0.880 bits per heavy atom. The Kier molecular flexibility index (Phi) is 5.67. The van der Waals surface area contributed by atoms with Crippen LogP contribution >= 0.6 is 43.2 Å². The van der Waals surface area contributed by atoms with Gasteiger partial charge in [-0.2, -0.15) is 0 Å². The minimum atomic E-state index is -0.223. The topological polar surface area (TPSA) is 58.2 Å². The number of carbonyl (C=O) groups excluding carboxylic acids is 2. The lowest BCUT2D eigenvalue weighted by molar-refractivity contribution is 0.102. The fraction of sp³-hybridized carbons (Fsp3) is 0. The Balaban J connectivity index is 1.67. The van der Waals surface area contributed by atoms with Gasteiger partial charge in [-0.05, 0) is 69.8 Å². The molecule has 126 valence electrons. The summed E-state index contributed by atoms with van der Waals surface area (Å²) in [6, 6.07) is 15.9. The van der Waals surface area contributed by atoms with Crippen molar-refractivity contribution in [2.75, 3.05) is 10.6 Å². The average Bonchev–Trinajstić information content (AvgIpc) is 3.13. The van der Waals surface area contributed by atoms with Crippen LogP contribution in [-0.2, 0) is 0 Å². The highest BCUT2D eigenvalue weighted by molar-refractivity contribution is 9.11. The van der Waals surface area contributed by atoms with Gasteiger partial charge in [0.2, 0.25) is 0 Å². The Bertz CT molecular complexity index is 909. The van der Waals surface area contributed by atoms with Crippen molar-refractivity contribution in [1.29, 1.82) is 0 Å². The maximum absolute atomic E-state index is 12.3. The summed E-state index contributed by atoms with van der Waals surface area (Å²) in [7, 11) is 0. The van der Waals surface area contributed by atoms with Gasteiger partial charge in [0.05, 0.1) is 10.6 Å². The third kappa shape index (κ3) is 4.56. The van der Waals surface area contributed by atoms with E-state index in [9.17, 15) is 9.59 Å². The highest BCUT2D eigenvalue weighted by Gasteiger charge is 2.10. The van der Waals surface area contributed by atoms with E-state index in [1.54, 1.807) is 30.3 Å². The third-order valence-electron chi connectivity index (χ3n) is 3.33. The minimum absolute atomic E-state index is 0.161. The van der Waals surface area contributed by atoms with E-state index in [2.05, 4.69) is 42.5 Å². The first kappa shape index (κ1) is 17.8. The third-order valence-corrected chi connectivity index (χ3v) is 5.35. The molecule has 0 atom stereocenters. The van der Waals surface area contributed by atoms with Crippen molar-refractivity contribution in [2.24, 2.45) is 0 Å². The van der Waals surface area contributed by atoms with E-state index in [1.807, 2.05) is 29.6 Å². The van der Waals surface area contributed by atoms with Crippen molar-refractivity contribution in [2.45, 2.75) is 0 Å². The minimum Gasteiger partial charge on any atom is -0.321 e. The molecule has 0 aliphatic carbocycles. The molecule has 2 N–H and O–H groups in total. The van der Waals surface area contributed by atoms with Crippen LogP contribution in [-0.4, -0.2) is 11.8 Å². The van der Waals surface area contributed by atoms with Gasteiger partial charge in [-0.15, -0.1) is 11.3 Å². The summed E-state index contributed by atoms with van der Waals surface area (Å²) in [6.45, 7) is 0. The molecule has 7 heteroatoms. The van der Waals surface area contributed by atoms with E-state index in [4.69, 9.17) is 0 Å². The largest absolute Gasteiger partial charge is 0.321 e. The standard InChI is InChI=1S/C18H12Br2N2O2S/c19-12-5-8-15(14(20)10-12)22-17(23)11-3-6-13(7-4-11)21-18(24)16-2-1-9-25-16/h1-10H,(H,21,24)(H,22,23). The molecule has 0 saturated heterocycles. The van der Waals surface area contributed by atoms with E-state index < -0.39 is 0 Å². The number of hydrogen-bond acceptors (Lipinski definition) is 3. The number of nitrogens with one attached hydrogen (secondary N) is 2. The second-order valence-electron chi connectivity index (χ2n) is 5.09. The Hall–Kier alpha value is -1.96. The maximum Gasteiger partial charge on any atom is 0.265 e. The van der Waals surface area contributed by atoms with Gasteiger partial charge in [-0.25, -0.2) is 0 Å². The fourth-order valence-electron chi connectivity index (χ4n) is 2.09. The molecule has 3 aromatic rings. The van der Waals surface area contributed by atoms with Gasteiger partial charge >= 0.3 is 0 Å². The first-order valence-electron chi connectivity index (χ1n) is 7.24. The molecule has 0 spiro atoms.